The molecule has 6 heteroatoms. The number of fused-ring (bicyclic) bond motifs is 1. The molecule has 0 spiro atoms. The molecular weight excluding hydrogens is 272 g/mol. The van der Waals surface area contributed by atoms with Crippen molar-refractivity contribution < 1.29 is 4.79 Å². The third kappa shape index (κ3) is 2.90. The Morgan fingerprint density at radius 1 is 1.45 bits per heavy atom. The third-order valence-electron chi connectivity index (χ3n) is 3.54. The van der Waals surface area contributed by atoms with Crippen LogP contribution in [0.2, 0.25) is 0 Å². The molecule has 5 nitrogen and oxygen atoms in total. The Kier molecular flexibility index (Phi) is 4.54. The standard InChI is InChI=1S/C14H20N4OS/c1-4-8(3)11(12(15)19)18-13-10-6-9(5-2)20-14(10)17-7-16-13/h6-8,11H,4-5H2,1-3H3,(H2,15,19)(H,16,17,18). The zero-order valence-electron chi connectivity index (χ0n) is 12.0. The molecule has 2 aromatic rings. The lowest BCUT2D eigenvalue weighted by molar-refractivity contribution is -0.119. The molecule has 0 aliphatic rings. The van der Waals surface area contributed by atoms with E-state index >= 15 is 0 Å². The van der Waals surface area contributed by atoms with Crippen molar-refractivity contribution in [1.82, 2.24) is 9.97 Å². The predicted molar refractivity (Wildman–Crippen MR) is 82.9 cm³/mol. The molecule has 2 rings (SSSR count). The van der Waals surface area contributed by atoms with E-state index in [1.165, 1.54) is 11.2 Å². The molecule has 0 saturated carbocycles. The normalized spacial score (nSPS) is 14.2. The molecule has 2 aromatic heterocycles. The fraction of sp³-hybridized carbons (Fsp3) is 0.500. The molecule has 2 atom stereocenters. The van der Waals surface area contributed by atoms with E-state index in [0.29, 0.717) is 5.82 Å². The van der Waals surface area contributed by atoms with Crippen LogP contribution in [0.5, 0.6) is 0 Å². The molecule has 20 heavy (non-hydrogen) atoms. The third-order valence-corrected chi connectivity index (χ3v) is 4.73. The van der Waals surface area contributed by atoms with Crippen LogP contribution in [-0.2, 0) is 11.2 Å². The first-order valence-corrected chi connectivity index (χ1v) is 7.67. The largest absolute Gasteiger partial charge is 0.368 e. The molecule has 0 radical (unpaired) electrons. The number of nitrogens with zero attached hydrogens (tertiary/aromatic N) is 2. The van der Waals surface area contributed by atoms with Gasteiger partial charge in [0.05, 0.1) is 5.39 Å². The molecule has 0 aliphatic heterocycles. The van der Waals surface area contributed by atoms with Gasteiger partial charge in [-0.15, -0.1) is 11.3 Å². The molecule has 2 heterocycles. The summed E-state index contributed by atoms with van der Waals surface area (Å²) >= 11 is 1.65. The minimum absolute atomic E-state index is 0.154. The van der Waals surface area contributed by atoms with Gasteiger partial charge in [0.25, 0.3) is 0 Å². The number of primary amides is 1. The van der Waals surface area contributed by atoms with Gasteiger partial charge in [-0.25, -0.2) is 9.97 Å². The van der Waals surface area contributed by atoms with Crippen molar-refractivity contribution in [3.05, 3.63) is 17.3 Å². The van der Waals surface area contributed by atoms with Crippen LogP contribution in [0.15, 0.2) is 12.4 Å². The summed E-state index contributed by atoms with van der Waals surface area (Å²) in [6.45, 7) is 6.15. The van der Waals surface area contributed by atoms with Crippen molar-refractivity contribution in [1.29, 1.82) is 0 Å². The number of hydrogen-bond acceptors (Lipinski definition) is 5. The van der Waals surface area contributed by atoms with Crippen molar-refractivity contribution in [3.63, 3.8) is 0 Å². The molecule has 1 amide bonds. The highest BCUT2D eigenvalue weighted by Gasteiger charge is 2.23. The van der Waals surface area contributed by atoms with Crippen LogP contribution >= 0.6 is 11.3 Å². The number of carbonyl (C=O) groups is 1. The molecule has 0 aliphatic carbocycles. The van der Waals surface area contributed by atoms with E-state index in [2.05, 4.69) is 28.3 Å². The van der Waals surface area contributed by atoms with E-state index in [1.807, 2.05) is 13.8 Å². The van der Waals surface area contributed by atoms with Crippen molar-refractivity contribution in [2.75, 3.05) is 5.32 Å². The Morgan fingerprint density at radius 3 is 2.80 bits per heavy atom. The lowest BCUT2D eigenvalue weighted by Gasteiger charge is -2.21. The number of nitrogens with one attached hydrogen (secondary N) is 1. The van der Waals surface area contributed by atoms with Gasteiger partial charge in [0.2, 0.25) is 5.91 Å². The Labute approximate surface area is 122 Å². The van der Waals surface area contributed by atoms with Crippen molar-refractivity contribution >= 4 is 33.3 Å². The van der Waals surface area contributed by atoms with E-state index in [9.17, 15) is 4.79 Å². The fourth-order valence-electron chi connectivity index (χ4n) is 2.07. The van der Waals surface area contributed by atoms with Crippen molar-refractivity contribution in [2.24, 2.45) is 11.7 Å². The number of aromatic nitrogens is 2. The van der Waals surface area contributed by atoms with E-state index in [0.717, 1.165) is 23.1 Å². The SMILES string of the molecule is CCc1cc2c(NC(C(N)=O)C(C)CC)ncnc2s1. The first-order chi connectivity index (χ1) is 9.56. The molecular formula is C14H20N4OS. The topological polar surface area (TPSA) is 80.9 Å². The summed E-state index contributed by atoms with van der Waals surface area (Å²) in [7, 11) is 0. The quantitative estimate of drug-likeness (QED) is 0.857. The summed E-state index contributed by atoms with van der Waals surface area (Å²) in [5, 5.41) is 4.15. The smallest absolute Gasteiger partial charge is 0.240 e. The van der Waals surface area contributed by atoms with Crippen LogP contribution in [0.4, 0.5) is 5.82 Å². The van der Waals surface area contributed by atoms with Crippen LogP contribution in [0.1, 0.15) is 32.1 Å². The molecule has 0 bridgehead atoms. The van der Waals surface area contributed by atoms with Gasteiger partial charge in [-0.1, -0.05) is 27.2 Å². The summed E-state index contributed by atoms with van der Waals surface area (Å²) in [6, 6.07) is 1.67. The number of nitrogens with two attached hydrogens (primary N) is 1. The Hall–Kier alpha value is -1.69. The maximum absolute atomic E-state index is 11.6. The van der Waals surface area contributed by atoms with E-state index < -0.39 is 6.04 Å². The van der Waals surface area contributed by atoms with Crippen LogP contribution in [0, 0.1) is 5.92 Å². The average molecular weight is 292 g/mol. The first-order valence-electron chi connectivity index (χ1n) is 6.86. The minimum Gasteiger partial charge on any atom is -0.368 e. The van der Waals surface area contributed by atoms with Gasteiger partial charge < -0.3 is 11.1 Å². The molecule has 0 fully saturated rings. The highest BCUT2D eigenvalue weighted by atomic mass is 32.1. The van der Waals surface area contributed by atoms with Gasteiger partial charge in [-0.3, -0.25) is 4.79 Å². The number of anilines is 1. The number of amides is 1. The van der Waals surface area contributed by atoms with Crippen LogP contribution in [0.3, 0.4) is 0 Å². The fourth-order valence-corrected chi connectivity index (χ4v) is 3.01. The molecule has 0 aromatic carbocycles. The number of hydrogen-bond donors (Lipinski definition) is 2. The van der Waals surface area contributed by atoms with Crippen LogP contribution < -0.4 is 11.1 Å². The monoisotopic (exact) mass is 292 g/mol. The van der Waals surface area contributed by atoms with E-state index in [1.54, 1.807) is 11.3 Å². The van der Waals surface area contributed by atoms with E-state index in [4.69, 9.17) is 5.73 Å². The highest BCUT2D eigenvalue weighted by molar-refractivity contribution is 7.18. The molecule has 0 saturated heterocycles. The lowest BCUT2D eigenvalue weighted by atomic mass is 9.98. The second-order valence-corrected chi connectivity index (χ2v) is 6.03. The molecule has 2 unspecified atom stereocenters. The minimum atomic E-state index is -0.414. The lowest BCUT2D eigenvalue weighted by Crippen LogP contribution is -2.40. The highest BCUT2D eigenvalue weighted by Crippen LogP contribution is 2.29. The molecule has 108 valence electrons. The number of carbonyl (C=O) groups excluding carboxylic acids is 1. The van der Waals surface area contributed by atoms with Gasteiger partial charge >= 0.3 is 0 Å². The predicted octanol–water partition coefficient (Wildman–Crippen LogP) is 2.57. The first kappa shape index (κ1) is 14.7. The summed E-state index contributed by atoms with van der Waals surface area (Å²) in [5.74, 6) is 0.494. The number of aryl methyl sites for hydroxylation is 1. The average Bonchev–Trinajstić information content (AvgIpc) is 2.87. The van der Waals surface area contributed by atoms with Gasteiger partial charge in [0.1, 0.15) is 23.0 Å². The summed E-state index contributed by atoms with van der Waals surface area (Å²) in [5.41, 5.74) is 5.49. The summed E-state index contributed by atoms with van der Waals surface area (Å²) < 4.78 is 0. The molecule has 3 N–H and O–H groups in total. The number of rotatable bonds is 6. The Morgan fingerprint density at radius 2 is 2.20 bits per heavy atom. The van der Waals surface area contributed by atoms with Crippen molar-refractivity contribution in [3.8, 4) is 0 Å². The van der Waals surface area contributed by atoms with Crippen molar-refractivity contribution in [2.45, 2.75) is 39.7 Å². The second-order valence-electron chi connectivity index (χ2n) is 4.92. The summed E-state index contributed by atoms with van der Waals surface area (Å²) in [6.07, 6.45) is 3.36. The second kappa shape index (κ2) is 6.17. The number of thiophene rings is 1. The Balaban J connectivity index is 2.36. The van der Waals surface area contributed by atoms with Gasteiger partial charge in [0.15, 0.2) is 0 Å². The zero-order chi connectivity index (χ0) is 14.7. The van der Waals surface area contributed by atoms with Crippen LogP contribution in [-0.4, -0.2) is 21.9 Å². The van der Waals surface area contributed by atoms with Crippen LogP contribution in [0.25, 0.3) is 10.2 Å². The zero-order valence-corrected chi connectivity index (χ0v) is 12.8. The van der Waals surface area contributed by atoms with Gasteiger partial charge in [0, 0.05) is 4.88 Å². The van der Waals surface area contributed by atoms with Gasteiger partial charge in [-0.05, 0) is 18.4 Å². The maximum atomic E-state index is 11.6. The van der Waals surface area contributed by atoms with E-state index in [-0.39, 0.29) is 11.8 Å². The summed E-state index contributed by atoms with van der Waals surface area (Å²) in [4.78, 5) is 22.4. The Bertz CT molecular complexity index is 610. The maximum Gasteiger partial charge on any atom is 0.240 e. The van der Waals surface area contributed by atoms with Gasteiger partial charge in [-0.2, -0.15) is 0 Å².